The van der Waals surface area contributed by atoms with Crippen LogP contribution in [-0.2, 0) is 17.8 Å². The highest BCUT2D eigenvalue weighted by molar-refractivity contribution is 6.33. The van der Waals surface area contributed by atoms with Crippen LogP contribution in [0.3, 0.4) is 0 Å². The summed E-state index contributed by atoms with van der Waals surface area (Å²) in [6, 6.07) is 8.86. The van der Waals surface area contributed by atoms with Gasteiger partial charge in [-0.2, -0.15) is 0 Å². The number of aromatic nitrogens is 2. The van der Waals surface area contributed by atoms with E-state index in [-0.39, 0.29) is 16.7 Å². The summed E-state index contributed by atoms with van der Waals surface area (Å²) in [5, 5.41) is 19.7. The monoisotopic (exact) mass is 311 g/mol. The van der Waals surface area contributed by atoms with Crippen molar-refractivity contribution >= 4 is 34.9 Å². The highest BCUT2D eigenvalue weighted by atomic mass is 35.5. The second kappa shape index (κ2) is 6.54. The number of hydrogen-bond acceptors (Lipinski definition) is 4. The lowest BCUT2D eigenvalue weighted by atomic mass is 10.0. The van der Waals surface area contributed by atoms with Gasteiger partial charge in [-0.15, -0.1) is 10.2 Å². The molecule has 0 aliphatic heterocycles. The van der Waals surface area contributed by atoms with E-state index in [0.717, 1.165) is 11.1 Å². The molecule has 1 aromatic carbocycles. The first-order valence-corrected chi connectivity index (χ1v) is 6.53. The molecule has 2 rings (SSSR count). The molecule has 0 radical (unpaired) electrons. The number of rotatable bonds is 5. The summed E-state index contributed by atoms with van der Waals surface area (Å²) >= 11 is 11.6. The van der Waals surface area contributed by atoms with Gasteiger partial charge in [0.15, 0.2) is 10.3 Å². The fraction of sp³-hybridized carbons (Fsp3) is 0.154. The number of benzene rings is 1. The van der Waals surface area contributed by atoms with Crippen LogP contribution in [0.4, 0.5) is 5.69 Å². The summed E-state index contributed by atoms with van der Waals surface area (Å²) in [7, 11) is 0. The number of carboxylic acids is 1. The fourth-order valence-corrected chi connectivity index (χ4v) is 2.04. The molecule has 1 heterocycles. The molecule has 0 saturated carbocycles. The molecule has 0 fully saturated rings. The maximum absolute atomic E-state index is 10.8. The van der Waals surface area contributed by atoms with Crippen molar-refractivity contribution in [3.8, 4) is 0 Å². The minimum atomic E-state index is -0.871. The van der Waals surface area contributed by atoms with E-state index < -0.39 is 5.97 Å². The third-order valence-corrected chi connectivity index (χ3v) is 3.11. The Morgan fingerprint density at radius 3 is 2.60 bits per heavy atom. The standard InChI is InChI=1S/C13H11Cl2N3O2/c14-11-6-10(13(15)18-17-11)16-7-9-4-2-1-3-8(9)5-12(19)20/h1-4,6H,5,7H2,(H,16,17)(H,19,20). The van der Waals surface area contributed by atoms with E-state index in [4.69, 9.17) is 28.3 Å². The molecular formula is C13H11Cl2N3O2. The largest absolute Gasteiger partial charge is 0.481 e. The molecule has 0 saturated heterocycles. The maximum Gasteiger partial charge on any atom is 0.307 e. The summed E-state index contributed by atoms with van der Waals surface area (Å²) in [6.07, 6.45) is -0.0268. The number of aliphatic carboxylic acids is 1. The SMILES string of the molecule is O=C(O)Cc1ccccc1CNc1cc(Cl)nnc1Cl. The molecule has 0 atom stereocenters. The van der Waals surface area contributed by atoms with Gasteiger partial charge in [-0.3, -0.25) is 4.79 Å². The fourth-order valence-electron chi connectivity index (χ4n) is 1.73. The number of nitrogens with zero attached hydrogens (tertiary/aromatic N) is 2. The average Bonchev–Trinajstić information content (AvgIpc) is 2.41. The van der Waals surface area contributed by atoms with Crippen molar-refractivity contribution in [1.82, 2.24) is 10.2 Å². The first-order valence-electron chi connectivity index (χ1n) is 5.77. The zero-order valence-corrected chi connectivity index (χ0v) is 11.8. The van der Waals surface area contributed by atoms with Crippen molar-refractivity contribution in [2.24, 2.45) is 0 Å². The minimum Gasteiger partial charge on any atom is -0.481 e. The Kier molecular flexibility index (Phi) is 4.76. The molecule has 7 heteroatoms. The average molecular weight is 312 g/mol. The lowest BCUT2D eigenvalue weighted by Gasteiger charge is -2.11. The molecule has 20 heavy (non-hydrogen) atoms. The van der Waals surface area contributed by atoms with Gasteiger partial charge in [0.1, 0.15) is 0 Å². The van der Waals surface area contributed by atoms with Crippen molar-refractivity contribution in [3.63, 3.8) is 0 Å². The lowest BCUT2D eigenvalue weighted by molar-refractivity contribution is -0.136. The molecule has 5 nitrogen and oxygen atoms in total. The Morgan fingerprint density at radius 1 is 1.20 bits per heavy atom. The summed E-state index contributed by atoms with van der Waals surface area (Å²) < 4.78 is 0. The predicted molar refractivity (Wildman–Crippen MR) is 77.2 cm³/mol. The number of anilines is 1. The summed E-state index contributed by atoms with van der Waals surface area (Å²) in [5.41, 5.74) is 2.17. The van der Waals surface area contributed by atoms with Crippen LogP contribution in [0.5, 0.6) is 0 Å². The van der Waals surface area contributed by atoms with Gasteiger partial charge in [0.25, 0.3) is 0 Å². The van der Waals surface area contributed by atoms with Gasteiger partial charge in [-0.1, -0.05) is 47.5 Å². The molecule has 0 amide bonds. The molecule has 0 aliphatic carbocycles. The van der Waals surface area contributed by atoms with Gasteiger partial charge >= 0.3 is 5.97 Å². The van der Waals surface area contributed by atoms with E-state index in [1.54, 1.807) is 18.2 Å². The van der Waals surface area contributed by atoms with Crippen molar-refractivity contribution in [2.75, 3.05) is 5.32 Å². The molecule has 2 aromatic rings. The summed E-state index contributed by atoms with van der Waals surface area (Å²) in [4.78, 5) is 10.8. The van der Waals surface area contributed by atoms with Crippen molar-refractivity contribution in [3.05, 3.63) is 51.8 Å². The lowest BCUT2D eigenvalue weighted by Crippen LogP contribution is -2.07. The van der Waals surface area contributed by atoms with E-state index >= 15 is 0 Å². The van der Waals surface area contributed by atoms with Gasteiger partial charge in [-0.25, -0.2) is 0 Å². The normalized spacial score (nSPS) is 10.3. The van der Waals surface area contributed by atoms with Crippen LogP contribution in [-0.4, -0.2) is 21.3 Å². The molecule has 0 unspecified atom stereocenters. The van der Waals surface area contributed by atoms with Crippen LogP contribution < -0.4 is 5.32 Å². The van der Waals surface area contributed by atoms with Crippen LogP contribution in [0.15, 0.2) is 30.3 Å². The van der Waals surface area contributed by atoms with Gasteiger partial charge in [0, 0.05) is 12.6 Å². The second-order valence-electron chi connectivity index (χ2n) is 4.06. The van der Waals surface area contributed by atoms with Gasteiger partial charge in [-0.05, 0) is 11.1 Å². The Labute approximate surface area is 125 Å². The molecular weight excluding hydrogens is 301 g/mol. The van der Waals surface area contributed by atoms with Crippen molar-refractivity contribution in [2.45, 2.75) is 13.0 Å². The van der Waals surface area contributed by atoms with Crippen LogP contribution in [0, 0.1) is 0 Å². The Balaban J connectivity index is 2.14. The van der Waals surface area contributed by atoms with Crippen LogP contribution in [0.25, 0.3) is 0 Å². The predicted octanol–water partition coefficient (Wildman–Crippen LogP) is 3.02. The number of nitrogens with one attached hydrogen (secondary N) is 1. The maximum atomic E-state index is 10.8. The zero-order valence-electron chi connectivity index (χ0n) is 10.3. The Bertz CT molecular complexity index is 635. The van der Waals surface area contributed by atoms with Gasteiger partial charge in [0.2, 0.25) is 0 Å². The first-order chi connectivity index (χ1) is 9.56. The Morgan fingerprint density at radius 2 is 1.90 bits per heavy atom. The minimum absolute atomic E-state index is 0.0268. The van der Waals surface area contributed by atoms with E-state index in [2.05, 4.69) is 15.5 Å². The van der Waals surface area contributed by atoms with Gasteiger partial charge in [0.05, 0.1) is 12.1 Å². The number of hydrogen-bond donors (Lipinski definition) is 2. The number of carbonyl (C=O) groups is 1. The summed E-state index contributed by atoms with van der Waals surface area (Å²) in [5.74, 6) is -0.871. The van der Waals surface area contributed by atoms with E-state index in [1.807, 2.05) is 12.1 Å². The van der Waals surface area contributed by atoms with Gasteiger partial charge < -0.3 is 10.4 Å². The van der Waals surface area contributed by atoms with E-state index in [1.165, 1.54) is 0 Å². The topological polar surface area (TPSA) is 75.1 Å². The molecule has 0 aliphatic rings. The van der Waals surface area contributed by atoms with Crippen LogP contribution in [0.1, 0.15) is 11.1 Å². The molecule has 1 aromatic heterocycles. The Hall–Kier alpha value is -1.85. The smallest absolute Gasteiger partial charge is 0.307 e. The van der Waals surface area contributed by atoms with Crippen molar-refractivity contribution in [1.29, 1.82) is 0 Å². The number of halogens is 2. The quantitative estimate of drug-likeness (QED) is 0.887. The van der Waals surface area contributed by atoms with E-state index in [9.17, 15) is 4.79 Å². The third kappa shape index (κ3) is 3.82. The highest BCUT2D eigenvalue weighted by Crippen LogP contribution is 2.22. The third-order valence-electron chi connectivity index (χ3n) is 2.65. The van der Waals surface area contributed by atoms with E-state index in [0.29, 0.717) is 12.2 Å². The van der Waals surface area contributed by atoms with Crippen LogP contribution in [0.2, 0.25) is 10.3 Å². The highest BCUT2D eigenvalue weighted by Gasteiger charge is 2.08. The van der Waals surface area contributed by atoms with Crippen molar-refractivity contribution < 1.29 is 9.90 Å². The summed E-state index contributed by atoms with van der Waals surface area (Å²) in [6.45, 7) is 0.422. The molecule has 2 N–H and O–H groups in total. The second-order valence-corrected chi connectivity index (χ2v) is 4.81. The zero-order chi connectivity index (χ0) is 14.5. The number of carboxylic acid groups (broad SMARTS) is 1. The van der Waals surface area contributed by atoms with Crippen LogP contribution >= 0.6 is 23.2 Å². The molecule has 104 valence electrons. The molecule has 0 spiro atoms. The molecule has 0 bridgehead atoms. The first kappa shape index (κ1) is 14.6.